The van der Waals surface area contributed by atoms with E-state index < -0.39 is 30.9 Å². The minimum absolute atomic E-state index is 0.181. The van der Waals surface area contributed by atoms with Gasteiger partial charge in [0.05, 0.1) is 18.6 Å². The molecule has 1 N–H and O–H groups in total. The smallest absolute Gasteiger partial charge is 0.321 e. The van der Waals surface area contributed by atoms with E-state index in [0.717, 1.165) is 5.69 Å². The number of rotatable bonds is 4. The minimum Gasteiger partial charge on any atom is -0.480 e. The third-order valence-electron chi connectivity index (χ3n) is 3.16. The van der Waals surface area contributed by atoms with Crippen LogP contribution in [0.5, 0.6) is 0 Å². The average Bonchev–Trinajstić information content (AvgIpc) is 2.83. The summed E-state index contributed by atoms with van der Waals surface area (Å²) in [6.45, 7) is 2.26. The van der Waals surface area contributed by atoms with Crippen molar-refractivity contribution in [3.63, 3.8) is 0 Å². The van der Waals surface area contributed by atoms with E-state index in [1.807, 2.05) is 11.5 Å². The Kier molecular flexibility index (Phi) is 3.34. The predicted molar refractivity (Wildman–Crippen MR) is 59.3 cm³/mol. The van der Waals surface area contributed by atoms with Crippen molar-refractivity contribution in [2.24, 2.45) is 0 Å². The van der Waals surface area contributed by atoms with E-state index in [9.17, 15) is 13.6 Å². The highest BCUT2D eigenvalue weighted by molar-refractivity contribution is 5.74. The molecule has 7 heteroatoms. The number of alkyl halides is 2. The number of imidazole rings is 1. The average molecular weight is 259 g/mol. The first kappa shape index (κ1) is 12.9. The first-order valence-electron chi connectivity index (χ1n) is 5.76. The Morgan fingerprint density at radius 2 is 2.39 bits per heavy atom. The largest absolute Gasteiger partial charge is 0.480 e. The molecule has 100 valence electrons. The van der Waals surface area contributed by atoms with Crippen molar-refractivity contribution in [1.29, 1.82) is 0 Å². The fraction of sp³-hybridized carbons (Fsp3) is 0.636. The molecular weight excluding hydrogens is 244 g/mol. The second kappa shape index (κ2) is 4.64. The van der Waals surface area contributed by atoms with Crippen LogP contribution in [0.25, 0.3) is 0 Å². The summed E-state index contributed by atoms with van der Waals surface area (Å²) >= 11 is 0. The molecule has 0 unspecified atom stereocenters. The molecule has 2 rings (SSSR count). The number of likely N-dealkylation sites (tertiary alicyclic amines) is 1. The minimum atomic E-state index is -2.93. The molecule has 0 radical (unpaired) electrons. The Morgan fingerprint density at radius 1 is 1.67 bits per heavy atom. The molecule has 1 atom stereocenters. The highest BCUT2D eigenvalue weighted by Crippen LogP contribution is 2.33. The maximum absolute atomic E-state index is 13.3. The number of aromatic nitrogens is 2. The molecule has 1 aliphatic heterocycles. The highest BCUT2D eigenvalue weighted by Gasteiger charge is 2.48. The summed E-state index contributed by atoms with van der Waals surface area (Å²) in [4.78, 5) is 16.2. The lowest BCUT2D eigenvalue weighted by atomic mass is 10.2. The van der Waals surface area contributed by atoms with Crippen molar-refractivity contribution < 1.29 is 18.7 Å². The summed E-state index contributed by atoms with van der Waals surface area (Å²) in [6, 6.07) is -1.12. The number of nitrogens with zero attached hydrogens (tertiary/aromatic N) is 3. The molecule has 0 amide bonds. The maximum Gasteiger partial charge on any atom is 0.321 e. The van der Waals surface area contributed by atoms with Crippen LogP contribution in [0.15, 0.2) is 12.5 Å². The van der Waals surface area contributed by atoms with Crippen LogP contribution in [-0.2, 0) is 17.9 Å². The van der Waals surface area contributed by atoms with Gasteiger partial charge in [0, 0.05) is 25.7 Å². The molecule has 0 aromatic carbocycles. The van der Waals surface area contributed by atoms with Crippen LogP contribution in [0, 0.1) is 0 Å². The number of hydrogen-bond donors (Lipinski definition) is 1. The van der Waals surface area contributed by atoms with Crippen molar-refractivity contribution in [3.8, 4) is 0 Å². The Morgan fingerprint density at radius 3 is 3.00 bits per heavy atom. The fourth-order valence-electron chi connectivity index (χ4n) is 2.27. The maximum atomic E-state index is 13.3. The van der Waals surface area contributed by atoms with Gasteiger partial charge >= 0.3 is 5.97 Å². The molecule has 1 fully saturated rings. The van der Waals surface area contributed by atoms with Gasteiger partial charge in [-0.15, -0.1) is 0 Å². The van der Waals surface area contributed by atoms with E-state index in [1.54, 1.807) is 12.5 Å². The molecular formula is C11H15F2N3O2. The summed E-state index contributed by atoms with van der Waals surface area (Å²) in [5, 5.41) is 8.97. The van der Waals surface area contributed by atoms with Crippen LogP contribution >= 0.6 is 0 Å². The highest BCUT2D eigenvalue weighted by atomic mass is 19.3. The summed E-state index contributed by atoms with van der Waals surface area (Å²) < 4.78 is 28.4. The first-order chi connectivity index (χ1) is 8.43. The topological polar surface area (TPSA) is 58.4 Å². The number of carboxylic acids is 1. The molecule has 1 aliphatic rings. The molecule has 0 spiro atoms. The Hall–Kier alpha value is -1.50. The molecule has 2 heterocycles. The van der Waals surface area contributed by atoms with Crippen molar-refractivity contribution in [3.05, 3.63) is 18.2 Å². The van der Waals surface area contributed by atoms with Crippen molar-refractivity contribution in [2.75, 3.05) is 6.54 Å². The molecule has 0 aliphatic carbocycles. The van der Waals surface area contributed by atoms with Gasteiger partial charge in [-0.25, -0.2) is 13.8 Å². The van der Waals surface area contributed by atoms with Crippen LogP contribution < -0.4 is 0 Å². The van der Waals surface area contributed by atoms with Crippen LogP contribution in [-0.4, -0.2) is 44.0 Å². The summed E-state index contributed by atoms with van der Waals surface area (Å²) in [5.74, 6) is -4.13. The van der Waals surface area contributed by atoms with Crippen LogP contribution in [0.4, 0.5) is 8.78 Å². The Bertz CT molecular complexity index is 447. The molecule has 0 saturated carbocycles. The van der Waals surface area contributed by atoms with E-state index in [0.29, 0.717) is 6.54 Å². The van der Waals surface area contributed by atoms with Crippen molar-refractivity contribution in [2.45, 2.75) is 38.4 Å². The zero-order valence-electron chi connectivity index (χ0n) is 10.0. The first-order valence-corrected chi connectivity index (χ1v) is 5.76. The van der Waals surface area contributed by atoms with E-state index in [4.69, 9.17) is 5.11 Å². The van der Waals surface area contributed by atoms with Gasteiger partial charge in [-0.2, -0.15) is 0 Å². The van der Waals surface area contributed by atoms with Gasteiger partial charge in [0.2, 0.25) is 0 Å². The quantitative estimate of drug-likeness (QED) is 0.882. The molecule has 18 heavy (non-hydrogen) atoms. The lowest BCUT2D eigenvalue weighted by Crippen LogP contribution is -2.36. The number of aliphatic carboxylic acids is 1. The van der Waals surface area contributed by atoms with Gasteiger partial charge in [0.15, 0.2) is 0 Å². The molecule has 5 nitrogen and oxygen atoms in total. The molecule has 1 saturated heterocycles. The Balaban J connectivity index is 2.15. The van der Waals surface area contributed by atoms with E-state index >= 15 is 0 Å². The van der Waals surface area contributed by atoms with Crippen LogP contribution in [0.2, 0.25) is 0 Å². The molecule has 1 aromatic heterocycles. The van der Waals surface area contributed by atoms with Crippen molar-refractivity contribution >= 4 is 5.97 Å². The third-order valence-corrected chi connectivity index (χ3v) is 3.16. The lowest BCUT2D eigenvalue weighted by Gasteiger charge is -2.20. The molecule has 1 aromatic rings. The predicted octanol–water partition coefficient (Wildman–Crippen LogP) is 1.20. The number of halogens is 2. The second-order valence-electron chi connectivity index (χ2n) is 4.49. The van der Waals surface area contributed by atoms with E-state index in [-0.39, 0.29) is 6.54 Å². The van der Waals surface area contributed by atoms with E-state index in [1.165, 1.54) is 4.90 Å². The van der Waals surface area contributed by atoms with Gasteiger partial charge in [-0.05, 0) is 6.92 Å². The van der Waals surface area contributed by atoms with Crippen molar-refractivity contribution in [1.82, 2.24) is 14.5 Å². The fourth-order valence-corrected chi connectivity index (χ4v) is 2.27. The number of carboxylic acid groups (broad SMARTS) is 1. The zero-order valence-corrected chi connectivity index (χ0v) is 10.0. The zero-order chi connectivity index (χ0) is 13.3. The Labute approximate surface area is 103 Å². The SMILES string of the molecule is CCn1cncc1CN1CC(F)(F)C[C@@H]1C(=O)O. The lowest BCUT2D eigenvalue weighted by molar-refractivity contribution is -0.142. The van der Waals surface area contributed by atoms with Gasteiger partial charge in [0.1, 0.15) is 6.04 Å². The summed E-state index contributed by atoms with van der Waals surface area (Å²) in [5.41, 5.74) is 0.751. The monoisotopic (exact) mass is 259 g/mol. The van der Waals surface area contributed by atoms with Gasteiger partial charge in [-0.3, -0.25) is 9.69 Å². The standard InChI is InChI=1S/C11H15F2N3O2/c1-2-15-7-14-4-8(15)5-16-6-11(12,13)3-9(16)10(17)18/h4,7,9H,2-3,5-6H2,1H3,(H,17,18)/t9-/m1/s1. The number of aryl methyl sites for hydroxylation is 1. The van der Waals surface area contributed by atoms with Gasteiger partial charge in [0.25, 0.3) is 5.92 Å². The van der Waals surface area contributed by atoms with Gasteiger partial charge < -0.3 is 9.67 Å². The molecule has 0 bridgehead atoms. The van der Waals surface area contributed by atoms with Crippen LogP contribution in [0.1, 0.15) is 19.0 Å². The summed E-state index contributed by atoms with van der Waals surface area (Å²) in [6.07, 6.45) is 2.57. The third kappa shape index (κ3) is 2.50. The van der Waals surface area contributed by atoms with Crippen LogP contribution in [0.3, 0.4) is 0 Å². The number of carbonyl (C=O) groups is 1. The second-order valence-corrected chi connectivity index (χ2v) is 4.49. The number of hydrogen-bond acceptors (Lipinski definition) is 3. The van der Waals surface area contributed by atoms with E-state index in [2.05, 4.69) is 4.98 Å². The normalized spacial score (nSPS) is 23.4. The van der Waals surface area contributed by atoms with Gasteiger partial charge in [-0.1, -0.05) is 0 Å². The summed E-state index contributed by atoms with van der Waals surface area (Å²) in [7, 11) is 0.